The van der Waals surface area contributed by atoms with E-state index in [1.54, 1.807) is 0 Å². The van der Waals surface area contributed by atoms with Crippen molar-refractivity contribution >= 4 is 28.7 Å². The summed E-state index contributed by atoms with van der Waals surface area (Å²) in [5, 5.41) is 4.68. The van der Waals surface area contributed by atoms with Gasteiger partial charge in [0.1, 0.15) is 9.30 Å². The summed E-state index contributed by atoms with van der Waals surface area (Å²) in [5.74, 6) is 2.60. The van der Waals surface area contributed by atoms with Crippen molar-refractivity contribution < 1.29 is 9.53 Å². The molecule has 1 aromatic heterocycles. The Morgan fingerprint density at radius 1 is 1.35 bits per heavy atom. The molecule has 0 N–H and O–H groups in total. The summed E-state index contributed by atoms with van der Waals surface area (Å²) >= 11 is 2.31. The van der Waals surface area contributed by atoms with Gasteiger partial charge in [0.25, 0.3) is 0 Å². The van der Waals surface area contributed by atoms with Crippen LogP contribution in [0.2, 0.25) is 0 Å². The van der Waals surface area contributed by atoms with E-state index in [-0.39, 0.29) is 6.09 Å². The lowest BCUT2D eigenvalue weighted by molar-refractivity contribution is 0.0270. The molecule has 0 bridgehead atoms. The van der Waals surface area contributed by atoms with Crippen molar-refractivity contribution in [2.24, 2.45) is 17.8 Å². The Morgan fingerprint density at radius 3 is 2.57 bits per heavy atom. The Morgan fingerprint density at radius 2 is 2.00 bits per heavy atom. The SMILES string of the molecule is CC(C)(C)OC(=O)N1C[C@@H]2C(c3cc(I)nn3CC3CC3)[C@@H]2C1. The maximum absolute atomic E-state index is 12.2. The molecule has 3 fully saturated rings. The number of likely N-dealkylation sites (tertiary alicyclic amines) is 1. The maximum Gasteiger partial charge on any atom is 0.410 e. The third-order valence-electron chi connectivity index (χ3n) is 5.10. The van der Waals surface area contributed by atoms with Gasteiger partial charge in [0, 0.05) is 31.2 Å². The van der Waals surface area contributed by atoms with Gasteiger partial charge >= 0.3 is 6.09 Å². The van der Waals surface area contributed by atoms with E-state index in [2.05, 4.69) is 38.4 Å². The van der Waals surface area contributed by atoms with Crippen LogP contribution in [-0.4, -0.2) is 39.5 Å². The highest BCUT2D eigenvalue weighted by molar-refractivity contribution is 14.1. The maximum atomic E-state index is 12.2. The standard InChI is InChI=1S/C17H24IN3O2/c1-17(2,3)23-16(22)20-8-11-12(9-20)15(11)13-6-14(18)19-21(13)7-10-4-5-10/h6,10-12,15H,4-5,7-9H2,1-3H3/t11-,12+,15?. The predicted molar refractivity (Wildman–Crippen MR) is 95.2 cm³/mol. The van der Waals surface area contributed by atoms with E-state index in [1.807, 2.05) is 25.7 Å². The van der Waals surface area contributed by atoms with E-state index < -0.39 is 5.60 Å². The number of hydrogen-bond donors (Lipinski definition) is 0. The van der Waals surface area contributed by atoms with Crippen LogP contribution in [0.4, 0.5) is 4.79 Å². The number of ether oxygens (including phenoxy) is 1. The van der Waals surface area contributed by atoms with Crippen molar-refractivity contribution in [1.29, 1.82) is 0 Å². The van der Waals surface area contributed by atoms with E-state index in [0.717, 1.165) is 29.3 Å². The van der Waals surface area contributed by atoms with Crippen LogP contribution in [0.3, 0.4) is 0 Å². The zero-order valence-electron chi connectivity index (χ0n) is 14.0. The average Bonchev–Trinajstić information content (AvgIpc) is 3.28. The third kappa shape index (κ3) is 3.23. The second kappa shape index (κ2) is 5.36. The van der Waals surface area contributed by atoms with Gasteiger partial charge in [0.15, 0.2) is 0 Å². The zero-order chi connectivity index (χ0) is 16.4. The molecule has 23 heavy (non-hydrogen) atoms. The number of nitrogens with zero attached hydrogens (tertiary/aromatic N) is 3. The number of aromatic nitrogens is 2. The van der Waals surface area contributed by atoms with E-state index >= 15 is 0 Å². The fourth-order valence-corrected chi connectivity index (χ4v) is 4.38. The highest BCUT2D eigenvalue weighted by atomic mass is 127. The molecule has 0 radical (unpaired) electrons. The average molecular weight is 429 g/mol. The molecule has 1 unspecified atom stereocenters. The molecule has 0 aromatic carbocycles. The van der Waals surface area contributed by atoms with Crippen molar-refractivity contribution in [3.05, 3.63) is 15.5 Å². The van der Waals surface area contributed by atoms with Crippen LogP contribution < -0.4 is 0 Å². The van der Waals surface area contributed by atoms with Crippen LogP contribution in [0.1, 0.15) is 45.2 Å². The van der Waals surface area contributed by atoms with Crippen LogP contribution in [0.15, 0.2) is 6.07 Å². The number of fused-ring (bicyclic) bond motifs is 1. The van der Waals surface area contributed by atoms with Gasteiger partial charge in [-0.3, -0.25) is 4.68 Å². The number of amides is 1. The quantitative estimate of drug-likeness (QED) is 0.692. The number of halogens is 1. The van der Waals surface area contributed by atoms with Crippen molar-refractivity contribution in [3.8, 4) is 0 Å². The molecule has 4 rings (SSSR count). The van der Waals surface area contributed by atoms with Crippen LogP contribution in [0.25, 0.3) is 0 Å². The zero-order valence-corrected chi connectivity index (χ0v) is 16.1. The minimum atomic E-state index is -0.414. The molecule has 2 heterocycles. The first-order valence-electron chi connectivity index (χ1n) is 8.53. The minimum absolute atomic E-state index is 0.162. The van der Waals surface area contributed by atoms with Crippen LogP contribution >= 0.6 is 22.6 Å². The summed E-state index contributed by atoms with van der Waals surface area (Å²) in [6.07, 6.45) is 2.53. The minimum Gasteiger partial charge on any atom is -0.444 e. The molecule has 126 valence electrons. The van der Waals surface area contributed by atoms with Crippen molar-refractivity contribution in [3.63, 3.8) is 0 Å². The van der Waals surface area contributed by atoms with E-state index in [1.165, 1.54) is 18.5 Å². The van der Waals surface area contributed by atoms with E-state index in [9.17, 15) is 4.79 Å². The number of hydrogen-bond acceptors (Lipinski definition) is 3. The Hall–Kier alpha value is -0.790. The Labute approximate surface area is 150 Å². The molecule has 1 aliphatic heterocycles. The van der Waals surface area contributed by atoms with Gasteiger partial charge in [-0.2, -0.15) is 5.10 Å². The molecule has 1 amide bonds. The lowest BCUT2D eigenvalue weighted by atomic mass is 10.2. The molecule has 2 aliphatic carbocycles. The number of carbonyl (C=O) groups excluding carboxylic acids is 1. The van der Waals surface area contributed by atoms with Gasteiger partial charge in [-0.25, -0.2) is 4.79 Å². The molecule has 2 saturated carbocycles. The summed E-state index contributed by atoms with van der Waals surface area (Å²) in [4.78, 5) is 14.1. The number of piperidine rings is 1. The lowest BCUT2D eigenvalue weighted by Gasteiger charge is -2.26. The van der Waals surface area contributed by atoms with Crippen LogP contribution in [0.5, 0.6) is 0 Å². The van der Waals surface area contributed by atoms with Crippen LogP contribution in [-0.2, 0) is 11.3 Å². The molecule has 6 heteroatoms. The summed E-state index contributed by atoms with van der Waals surface area (Å²) in [5.41, 5.74) is 0.975. The molecule has 1 saturated heterocycles. The second-order valence-electron chi connectivity index (χ2n) is 8.26. The molecule has 3 atom stereocenters. The molecule has 3 aliphatic rings. The molecular weight excluding hydrogens is 405 g/mol. The molecular formula is C17H24IN3O2. The first-order valence-corrected chi connectivity index (χ1v) is 9.61. The summed E-state index contributed by atoms with van der Waals surface area (Å²) in [6, 6.07) is 2.24. The fraction of sp³-hybridized carbons (Fsp3) is 0.765. The smallest absolute Gasteiger partial charge is 0.410 e. The summed E-state index contributed by atoms with van der Waals surface area (Å²) in [7, 11) is 0. The van der Waals surface area contributed by atoms with E-state index in [4.69, 9.17) is 4.74 Å². The van der Waals surface area contributed by atoms with Crippen molar-refractivity contribution in [2.45, 2.75) is 51.7 Å². The number of rotatable bonds is 3. The highest BCUT2D eigenvalue weighted by Crippen LogP contribution is 2.58. The van der Waals surface area contributed by atoms with Gasteiger partial charge in [0.2, 0.25) is 0 Å². The third-order valence-corrected chi connectivity index (χ3v) is 5.62. The first kappa shape index (κ1) is 15.7. The van der Waals surface area contributed by atoms with Gasteiger partial charge in [-0.1, -0.05) is 0 Å². The Kier molecular flexibility index (Phi) is 3.66. The van der Waals surface area contributed by atoms with Crippen molar-refractivity contribution in [2.75, 3.05) is 13.1 Å². The second-order valence-corrected chi connectivity index (χ2v) is 9.36. The normalized spacial score (nSPS) is 29.6. The van der Waals surface area contributed by atoms with Gasteiger partial charge < -0.3 is 9.64 Å². The molecule has 0 spiro atoms. The van der Waals surface area contributed by atoms with Crippen LogP contribution in [0, 0.1) is 21.5 Å². The van der Waals surface area contributed by atoms with E-state index in [0.29, 0.717) is 17.8 Å². The monoisotopic (exact) mass is 429 g/mol. The highest BCUT2D eigenvalue weighted by Gasteiger charge is 2.59. The van der Waals surface area contributed by atoms with Gasteiger partial charge in [-0.05, 0) is 80.0 Å². The van der Waals surface area contributed by atoms with Gasteiger partial charge in [-0.15, -0.1) is 0 Å². The predicted octanol–water partition coefficient (Wildman–Crippen LogP) is 3.48. The molecule has 5 nitrogen and oxygen atoms in total. The Balaban J connectivity index is 1.40. The largest absolute Gasteiger partial charge is 0.444 e. The number of carbonyl (C=O) groups is 1. The van der Waals surface area contributed by atoms with Crippen molar-refractivity contribution in [1.82, 2.24) is 14.7 Å². The summed E-state index contributed by atoms with van der Waals surface area (Å²) < 4.78 is 8.81. The summed E-state index contributed by atoms with van der Waals surface area (Å²) in [6.45, 7) is 8.49. The fourth-order valence-electron chi connectivity index (χ4n) is 3.80. The molecule has 1 aromatic rings. The lowest BCUT2D eigenvalue weighted by Crippen LogP contribution is -2.37. The topological polar surface area (TPSA) is 47.4 Å². The Bertz CT molecular complexity index is 620. The first-order chi connectivity index (χ1) is 10.8. The van der Waals surface area contributed by atoms with Gasteiger partial charge in [0.05, 0.1) is 0 Å².